The van der Waals surface area contributed by atoms with E-state index in [9.17, 15) is 18.0 Å². The molecule has 2 aromatic carbocycles. The van der Waals surface area contributed by atoms with Gasteiger partial charge in [-0.3, -0.25) is 4.79 Å². The Kier molecular flexibility index (Phi) is 5.80. The van der Waals surface area contributed by atoms with E-state index in [4.69, 9.17) is 23.8 Å². The molecule has 0 heterocycles. The van der Waals surface area contributed by atoms with Gasteiger partial charge in [0, 0.05) is 6.54 Å². The Hall–Kier alpha value is -2.12. The number of alkyl halides is 3. The number of hydrogen-bond donors (Lipinski definition) is 2. The number of carbonyl (C=O) groups excluding carboxylic acids is 1. The Balaban J connectivity index is 2.02. The number of thiocarbonyl (C=S) groups is 1. The van der Waals surface area contributed by atoms with Crippen molar-refractivity contribution in [2.75, 3.05) is 5.32 Å². The summed E-state index contributed by atoms with van der Waals surface area (Å²) in [6.07, 6.45) is -4.53. The lowest BCUT2D eigenvalue weighted by Gasteiger charge is -2.12. The van der Waals surface area contributed by atoms with Crippen LogP contribution in [-0.4, -0.2) is 10.9 Å². The summed E-state index contributed by atoms with van der Waals surface area (Å²) >= 11 is 10.8. The Labute approximate surface area is 146 Å². The first kappa shape index (κ1) is 18.2. The summed E-state index contributed by atoms with van der Waals surface area (Å²) < 4.78 is 38.1. The molecule has 0 atom stereocenters. The molecule has 3 nitrogen and oxygen atoms in total. The summed E-state index contributed by atoms with van der Waals surface area (Å²) in [6.45, 7) is 0.323. The average Bonchev–Trinajstić information content (AvgIpc) is 2.54. The first-order chi connectivity index (χ1) is 11.3. The van der Waals surface area contributed by atoms with Crippen LogP contribution in [0.4, 0.5) is 18.9 Å². The lowest BCUT2D eigenvalue weighted by Crippen LogP contribution is -2.33. The van der Waals surface area contributed by atoms with E-state index in [1.165, 1.54) is 0 Å². The molecule has 0 radical (unpaired) electrons. The molecule has 0 aromatic heterocycles. The van der Waals surface area contributed by atoms with E-state index in [1.807, 2.05) is 30.3 Å². The van der Waals surface area contributed by atoms with E-state index in [0.29, 0.717) is 6.54 Å². The van der Waals surface area contributed by atoms with Crippen LogP contribution in [0.3, 0.4) is 0 Å². The molecule has 2 N–H and O–H groups in total. The maximum Gasteiger partial charge on any atom is 0.416 e. The Morgan fingerprint density at radius 2 is 1.79 bits per heavy atom. The van der Waals surface area contributed by atoms with Crippen molar-refractivity contribution in [2.24, 2.45) is 0 Å². The van der Waals surface area contributed by atoms with Crippen LogP contribution in [0.2, 0.25) is 5.02 Å². The van der Waals surface area contributed by atoms with Gasteiger partial charge in [-0.05, 0) is 23.8 Å². The zero-order valence-electron chi connectivity index (χ0n) is 12.2. The second kappa shape index (κ2) is 7.63. The first-order valence-electron chi connectivity index (χ1n) is 6.77. The molecule has 0 saturated heterocycles. The quantitative estimate of drug-likeness (QED) is 0.784. The van der Waals surface area contributed by atoms with Crippen LogP contribution in [0.5, 0.6) is 0 Å². The molecular weight excluding hydrogens is 361 g/mol. The third-order valence-electron chi connectivity index (χ3n) is 3.04. The summed E-state index contributed by atoms with van der Waals surface area (Å²) in [5, 5.41) is 5.01. The predicted octanol–water partition coefficient (Wildman–Crippen LogP) is 4.41. The van der Waals surface area contributed by atoms with Gasteiger partial charge in [0.2, 0.25) is 0 Å². The average molecular weight is 373 g/mol. The van der Waals surface area contributed by atoms with Gasteiger partial charge in [0.1, 0.15) is 0 Å². The minimum Gasteiger partial charge on any atom is -0.368 e. The zero-order chi connectivity index (χ0) is 17.7. The molecule has 0 aliphatic carbocycles. The molecule has 126 valence electrons. The summed E-state index contributed by atoms with van der Waals surface area (Å²) in [5.74, 6) is -0.734. The topological polar surface area (TPSA) is 41.1 Å². The van der Waals surface area contributed by atoms with E-state index in [2.05, 4.69) is 10.6 Å². The van der Waals surface area contributed by atoms with Crippen LogP contribution in [0, 0.1) is 0 Å². The maximum atomic E-state index is 12.7. The van der Waals surface area contributed by atoms with Gasteiger partial charge in [-0.1, -0.05) is 54.2 Å². The normalized spacial score (nSPS) is 11.0. The number of halogens is 4. The summed E-state index contributed by atoms with van der Waals surface area (Å²) in [5.41, 5.74) is -0.157. The molecule has 0 unspecified atom stereocenters. The molecule has 0 bridgehead atoms. The van der Waals surface area contributed by atoms with Crippen LogP contribution in [0.15, 0.2) is 48.5 Å². The second-order valence-electron chi connectivity index (χ2n) is 4.81. The highest BCUT2D eigenvalue weighted by Gasteiger charge is 2.31. The van der Waals surface area contributed by atoms with Gasteiger partial charge in [-0.2, -0.15) is 13.2 Å². The monoisotopic (exact) mass is 372 g/mol. The molecule has 8 heteroatoms. The fourth-order valence-corrected chi connectivity index (χ4v) is 2.12. The van der Waals surface area contributed by atoms with Crippen molar-refractivity contribution in [1.82, 2.24) is 5.32 Å². The highest BCUT2D eigenvalue weighted by Crippen LogP contribution is 2.33. The summed E-state index contributed by atoms with van der Waals surface area (Å²) in [4.78, 5) is 11.8. The second-order valence-corrected chi connectivity index (χ2v) is 5.63. The molecule has 0 aliphatic rings. The molecule has 2 aromatic rings. The van der Waals surface area contributed by atoms with Gasteiger partial charge in [0.15, 0.2) is 4.99 Å². The fraction of sp³-hybridized carbons (Fsp3) is 0.125. The first-order valence-corrected chi connectivity index (χ1v) is 7.56. The third kappa shape index (κ3) is 4.94. The lowest BCUT2D eigenvalue weighted by molar-refractivity contribution is -0.137. The Morgan fingerprint density at radius 3 is 2.42 bits per heavy atom. The van der Waals surface area contributed by atoms with E-state index in [1.54, 1.807) is 0 Å². The molecule has 0 spiro atoms. The van der Waals surface area contributed by atoms with Crippen LogP contribution in [0.1, 0.15) is 11.1 Å². The Morgan fingerprint density at radius 1 is 1.12 bits per heavy atom. The van der Waals surface area contributed by atoms with Crippen molar-refractivity contribution in [3.8, 4) is 0 Å². The van der Waals surface area contributed by atoms with Crippen LogP contribution >= 0.6 is 23.8 Å². The standard InChI is InChI=1S/C16H12ClF3N2OS/c17-12-7-6-11(16(18,19)20)8-13(12)22-14(23)15(24)21-9-10-4-2-1-3-5-10/h1-8H,9H2,(H,21,24)(H,22,23). The van der Waals surface area contributed by atoms with Crippen molar-refractivity contribution in [3.63, 3.8) is 0 Å². The molecule has 0 aliphatic heterocycles. The molecule has 2 rings (SSSR count). The van der Waals surface area contributed by atoms with E-state index >= 15 is 0 Å². The fourth-order valence-electron chi connectivity index (χ4n) is 1.83. The van der Waals surface area contributed by atoms with Crippen molar-refractivity contribution in [1.29, 1.82) is 0 Å². The Bertz CT molecular complexity index is 751. The number of rotatable bonds is 3. The largest absolute Gasteiger partial charge is 0.416 e. The summed E-state index contributed by atoms with van der Waals surface area (Å²) in [6, 6.07) is 11.9. The minimum atomic E-state index is -4.53. The van der Waals surface area contributed by atoms with Gasteiger partial charge < -0.3 is 10.6 Å². The van der Waals surface area contributed by atoms with Crippen molar-refractivity contribution < 1.29 is 18.0 Å². The highest BCUT2D eigenvalue weighted by molar-refractivity contribution is 7.82. The number of carbonyl (C=O) groups is 1. The van der Waals surface area contributed by atoms with Gasteiger partial charge in [0.05, 0.1) is 16.3 Å². The maximum absolute atomic E-state index is 12.7. The summed E-state index contributed by atoms with van der Waals surface area (Å²) in [7, 11) is 0. The smallest absolute Gasteiger partial charge is 0.368 e. The van der Waals surface area contributed by atoms with E-state index in [-0.39, 0.29) is 15.7 Å². The number of anilines is 1. The van der Waals surface area contributed by atoms with Crippen molar-refractivity contribution in [3.05, 3.63) is 64.7 Å². The van der Waals surface area contributed by atoms with Crippen LogP contribution < -0.4 is 10.6 Å². The highest BCUT2D eigenvalue weighted by atomic mass is 35.5. The number of amides is 1. The van der Waals surface area contributed by atoms with Crippen LogP contribution in [0.25, 0.3) is 0 Å². The predicted molar refractivity (Wildman–Crippen MR) is 91.0 cm³/mol. The molecule has 0 fully saturated rings. The van der Waals surface area contributed by atoms with Crippen LogP contribution in [-0.2, 0) is 17.5 Å². The van der Waals surface area contributed by atoms with Gasteiger partial charge in [-0.15, -0.1) is 0 Å². The number of hydrogen-bond acceptors (Lipinski definition) is 2. The SMILES string of the molecule is O=C(Nc1cc(C(F)(F)F)ccc1Cl)C(=S)NCc1ccccc1. The van der Waals surface area contributed by atoms with E-state index < -0.39 is 17.6 Å². The molecule has 1 amide bonds. The molecular formula is C16H12ClF3N2OS. The molecule has 0 saturated carbocycles. The number of nitrogens with one attached hydrogen (secondary N) is 2. The number of benzene rings is 2. The zero-order valence-corrected chi connectivity index (χ0v) is 13.7. The van der Waals surface area contributed by atoms with E-state index in [0.717, 1.165) is 23.8 Å². The van der Waals surface area contributed by atoms with Crippen molar-refractivity contribution >= 4 is 40.4 Å². The van der Waals surface area contributed by atoms with Crippen molar-refractivity contribution in [2.45, 2.75) is 12.7 Å². The van der Waals surface area contributed by atoms with Gasteiger partial charge in [-0.25, -0.2) is 0 Å². The van der Waals surface area contributed by atoms with Gasteiger partial charge >= 0.3 is 6.18 Å². The molecule has 24 heavy (non-hydrogen) atoms. The minimum absolute atomic E-state index is 0.0118. The lowest BCUT2D eigenvalue weighted by atomic mass is 10.2. The third-order valence-corrected chi connectivity index (χ3v) is 3.70. The van der Waals surface area contributed by atoms with Gasteiger partial charge in [0.25, 0.3) is 5.91 Å².